The van der Waals surface area contributed by atoms with Crippen LogP contribution in [0.25, 0.3) is 0 Å². The number of hydrogen-bond acceptors (Lipinski definition) is 4. The van der Waals surface area contributed by atoms with Crippen molar-refractivity contribution >= 4 is 5.97 Å². The van der Waals surface area contributed by atoms with Crippen molar-refractivity contribution < 1.29 is 15.0 Å². The van der Waals surface area contributed by atoms with Crippen molar-refractivity contribution in [1.29, 1.82) is 0 Å². The van der Waals surface area contributed by atoms with Gasteiger partial charge in [-0.25, -0.2) is 4.79 Å². The number of nitrogens with one attached hydrogen (secondary N) is 1. The molecule has 82 valence electrons. The predicted molar refractivity (Wildman–Crippen MR) is 51.7 cm³/mol. The van der Waals surface area contributed by atoms with E-state index in [1.807, 2.05) is 0 Å². The smallest absolute Gasteiger partial charge is 0.356 e. The molecule has 0 aliphatic carbocycles. The van der Waals surface area contributed by atoms with E-state index in [1.54, 1.807) is 4.68 Å². The standard InChI is InChI=1S/C9H13N3O3/c13-4-3-12-7-5-10-2-1-6(7)8(11-12)9(14)15/h10,13H,1-5H2,(H,14,15). The van der Waals surface area contributed by atoms with Gasteiger partial charge in [-0.15, -0.1) is 0 Å². The number of aliphatic hydroxyl groups excluding tert-OH is 1. The zero-order chi connectivity index (χ0) is 10.8. The Labute approximate surface area is 86.5 Å². The lowest BCUT2D eigenvalue weighted by Crippen LogP contribution is -2.26. The molecule has 1 aliphatic rings. The van der Waals surface area contributed by atoms with Gasteiger partial charge in [0.1, 0.15) is 0 Å². The first-order chi connectivity index (χ1) is 7.24. The summed E-state index contributed by atoms with van der Waals surface area (Å²) in [5, 5.41) is 25.0. The van der Waals surface area contributed by atoms with E-state index in [4.69, 9.17) is 10.2 Å². The van der Waals surface area contributed by atoms with Crippen LogP contribution in [0, 0.1) is 0 Å². The average molecular weight is 211 g/mol. The van der Waals surface area contributed by atoms with Crippen LogP contribution in [0.2, 0.25) is 0 Å². The number of nitrogens with zero attached hydrogens (tertiary/aromatic N) is 2. The zero-order valence-corrected chi connectivity index (χ0v) is 8.23. The fourth-order valence-corrected chi connectivity index (χ4v) is 1.87. The first-order valence-electron chi connectivity index (χ1n) is 4.87. The monoisotopic (exact) mass is 211 g/mol. The summed E-state index contributed by atoms with van der Waals surface area (Å²) in [6.45, 7) is 1.71. The Morgan fingerprint density at radius 1 is 1.60 bits per heavy atom. The number of aromatic carboxylic acids is 1. The fourth-order valence-electron chi connectivity index (χ4n) is 1.87. The molecule has 3 N–H and O–H groups in total. The molecular weight excluding hydrogens is 198 g/mol. The molecule has 15 heavy (non-hydrogen) atoms. The second-order valence-corrected chi connectivity index (χ2v) is 3.45. The highest BCUT2D eigenvalue weighted by atomic mass is 16.4. The first-order valence-corrected chi connectivity index (χ1v) is 4.87. The normalized spacial score (nSPS) is 15.0. The van der Waals surface area contributed by atoms with E-state index in [2.05, 4.69) is 10.4 Å². The molecule has 1 aromatic rings. The second-order valence-electron chi connectivity index (χ2n) is 3.45. The van der Waals surface area contributed by atoms with Crippen LogP contribution < -0.4 is 5.32 Å². The number of aliphatic hydroxyl groups is 1. The van der Waals surface area contributed by atoms with Crippen molar-refractivity contribution in [3.8, 4) is 0 Å². The quantitative estimate of drug-likeness (QED) is 0.610. The van der Waals surface area contributed by atoms with E-state index < -0.39 is 5.97 Å². The Bertz CT molecular complexity index is 386. The molecule has 2 rings (SSSR count). The number of carboxylic acid groups (broad SMARTS) is 1. The molecule has 0 unspecified atom stereocenters. The van der Waals surface area contributed by atoms with Crippen LogP contribution in [0.4, 0.5) is 0 Å². The Balaban J connectivity index is 2.44. The van der Waals surface area contributed by atoms with Gasteiger partial charge >= 0.3 is 5.97 Å². The van der Waals surface area contributed by atoms with Gasteiger partial charge in [0.15, 0.2) is 5.69 Å². The van der Waals surface area contributed by atoms with Gasteiger partial charge in [-0.1, -0.05) is 0 Å². The summed E-state index contributed by atoms with van der Waals surface area (Å²) in [5.74, 6) is -0.996. The SMILES string of the molecule is O=C(O)c1nn(CCO)c2c1CCNC2. The molecule has 0 fully saturated rings. The van der Waals surface area contributed by atoms with Crippen molar-refractivity contribution in [3.63, 3.8) is 0 Å². The lowest BCUT2D eigenvalue weighted by atomic mass is 10.1. The predicted octanol–water partition coefficient (Wildman–Crippen LogP) is -0.781. The second kappa shape index (κ2) is 4.00. The highest BCUT2D eigenvalue weighted by Gasteiger charge is 2.23. The number of aromatic nitrogens is 2. The molecule has 0 saturated carbocycles. The summed E-state index contributed by atoms with van der Waals surface area (Å²) in [4.78, 5) is 10.9. The Hall–Kier alpha value is -1.40. The van der Waals surface area contributed by atoms with Crippen molar-refractivity contribution in [3.05, 3.63) is 17.0 Å². The Kier molecular flexibility index (Phi) is 2.70. The molecule has 0 spiro atoms. The van der Waals surface area contributed by atoms with Crippen molar-refractivity contribution in [2.24, 2.45) is 0 Å². The molecule has 2 heterocycles. The molecule has 6 nitrogen and oxygen atoms in total. The van der Waals surface area contributed by atoms with Crippen LogP contribution in [0.15, 0.2) is 0 Å². The maximum absolute atomic E-state index is 10.9. The summed E-state index contributed by atoms with van der Waals surface area (Å²) in [6.07, 6.45) is 0.683. The highest BCUT2D eigenvalue weighted by molar-refractivity contribution is 5.87. The largest absolute Gasteiger partial charge is 0.476 e. The van der Waals surface area contributed by atoms with Gasteiger partial charge in [0.25, 0.3) is 0 Å². The third-order valence-corrected chi connectivity index (χ3v) is 2.53. The lowest BCUT2D eigenvalue weighted by molar-refractivity contribution is 0.0688. The Morgan fingerprint density at radius 2 is 2.40 bits per heavy atom. The third-order valence-electron chi connectivity index (χ3n) is 2.53. The van der Waals surface area contributed by atoms with E-state index in [0.717, 1.165) is 17.8 Å². The van der Waals surface area contributed by atoms with E-state index in [9.17, 15) is 4.79 Å². The van der Waals surface area contributed by atoms with Crippen LogP contribution >= 0.6 is 0 Å². The third kappa shape index (κ3) is 1.73. The molecule has 0 aromatic carbocycles. The first kappa shape index (κ1) is 10.1. The molecule has 6 heteroatoms. The van der Waals surface area contributed by atoms with Gasteiger partial charge in [0.05, 0.1) is 18.8 Å². The summed E-state index contributed by atoms with van der Waals surface area (Å²) >= 11 is 0. The number of carboxylic acids is 1. The van der Waals surface area contributed by atoms with E-state index in [-0.39, 0.29) is 12.3 Å². The van der Waals surface area contributed by atoms with Crippen LogP contribution in [0.1, 0.15) is 21.7 Å². The minimum absolute atomic E-state index is 0.0345. The molecule has 0 bridgehead atoms. The minimum Gasteiger partial charge on any atom is -0.476 e. The van der Waals surface area contributed by atoms with E-state index >= 15 is 0 Å². The maximum atomic E-state index is 10.9. The molecule has 0 atom stereocenters. The topological polar surface area (TPSA) is 87.4 Å². The van der Waals surface area contributed by atoms with Gasteiger partial charge in [-0.05, 0) is 13.0 Å². The van der Waals surface area contributed by atoms with E-state index in [1.165, 1.54) is 0 Å². The molecule has 0 amide bonds. The van der Waals surface area contributed by atoms with Crippen LogP contribution in [0.5, 0.6) is 0 Å². The number of rotatable bonds is 3. The maximum Gasteiger partial charge on any atom is 0.356 e. The van der Waals surface area contributed by atoms with Gasteiger partial charge in [0, 0.05) is 12.1 Å². The summed E-state index contributed by atoms with van der Waals surface area (Å²) in [6, 6.07) is 0. The van der Waals surface area contributed by atoms with Crippen LogP contribution in [0.3, 0.4) is 0 Å². The molecule has 0 radical (unpaired) electrons. The zero-order valence-electron chi connectivity index (χ0n) is 8.23. The van der Waals surface area contributed by atoms with Crippen molar-refractivity contribution in [2.75, 3.05) is 13.2 Å². The highest BCUT2D eigenvalue weighted by Crippen LogP contribution is 2.18. The van der Waals surface area contributed by atoms with Gasteiger partial charge in [-0.3, -0.25) is 4.68 Å². The fraction of sp³-hybridized carbons (Fsp3) is 0.556. The van der Waals surface area contributed by atoms with E-state index in [0.29, 0.717) is 19.5 Å². The number of fused-ring (bicyclic) bond motifs is 1. The lowest BCUT2D eigenvalue weighted by Gasteiger charge is -2.14. The molecular formula is C9H13N3O3. The summed E-state index contributed by atoms with van der Waals surface area (Å²) < 4.78 is 1.57. The van der Waals surface area contributed by atoms with Gasteiger partial charge in [-0.2, -0.15) is 5.10 Å². The van der Waals surface area contributed by atoms with Crippen LogP contribution in [-0.2, 0) is 19.5 Å². The van der Waals surface area contributed by atoms with Crippen molar-refractivity contribution in [2.45, 2.75) is 19.5 Å². The minimum atomic E-state index is -0.996. The number of carbonyl (C=O) groups is 1. The van der Waals surface area contributed by atoms with Gasteiger partial charge < -0.3 is 15.5 Å². The summed E-state index contributed by atoms with van der Waals surface area (Å²) in [7, 11) is 0. The molecule has 1 aliphatic heterocycles. The number of hydrogen-bond donors (Lipinski definition) is 3. The molecule has 1 aromatic heterocycles. The summed E-state index contributed by atoms with van der Waals surface area (Å²) in [5.41, 5.74) is 1.81. The van der Waals surface area contributed by atoms with Crippen LogP contribution in [-0.4, -0.2) is 39.1 Å². The molecule has 0 saturated heterocycles. The average Bonchev–Trinajstić information content (AvgIpc) is 2.59. The van der Waals surface area contributed by atoms with Gasteiger partial charge in [0.2, 0.25) is 0 Å². The van der Waals surface area contributed by atoms with Crippen molar-refractivity contribution in [1.82, 2.24) is 15.1 Å². The Morgan fingerprint density at radius 3 is 3.07 bits per heavy atom.